The molecular weight excluding hydrogens is 589 g/mol. The lowest BCUT2D eigenvalue weighted by atomic mass is 9.99. The molecule has 1 unspecified atom stereocenters. The number of anilines is 1. The van der Waals surface area contributed by atoms with E-state index in [0.717, 1.165) is 29.1 Å². The Morgan fingerprint density at radius 2 is 1.80 bits per heavy atom. The van der Waals surface area contributed by atoms with Crippen LogP contribution in [0.5, 0.6) is 5.75 Å². The van der Waals surface area contributed by atoms with Crippen molar-refractivity contribution in [3.8, 4) is 22.8 Å². The van der Waals surface area contributed by atoms with Crippen LogP contribution in [0.3, 0.4) is 0 Å². The van der Waals surface area contributed by atoms with Crippen molar-refractivity contribution < 1.29 is 22.7 Å². The number of carbonyl (C=O) groups excluding carboxylic acids is 1. The highest BCUT2D eigenvalue weighted by Crippen LogP contribution is 2.33. The van der Waals surface area contributed by atoms with E-state index in [1.54, 1.807) is 11.8 Å². The Morgan fingerprint density at radius 1 is 1.07 bits per heavy atom. The van der Waals surface area contributed by atoms with Crippen LogP contribution >= 0.6 is 11.8 Å². The molecule has 4 aromatic rings. The van der Waals surface area contributed by atoms with Gasteiger partial charge >= 0.3 is 12.4 Å². The number of carbonyl (C=O) groups is 1. The van der Waals surface area contributed by atoms with E-state index in [1.807, 2.05) is 31.2 Å². The number of urea groups is 1. The van der Waals surface area contributed by atoms with Gasteiger partial charge in [0.15, 0.2) is 11.0 Å². The highest BCUT2D eigenvalue weighted by molar-refractivity contribution is 8.14. The summed E-state index contributed by atoms with van der Waals surface area (Å²) in [4.78, 5) is 23.8. The Labute approximate surface area is 258 Å². The number of halogens is 3. The zero-order valence-corrected chi connectivity index (χ0v) is 25.6. The summed E-state index contributed by atoms with van der Waals surface area (Å²) < 4.78 is 42.6. The maximum absolute atomic E-state index is 12.9. The molecule has 1 aliphatic heterocycles. The number of aliphatic imine (C=N–C) groups is 1. The smallest absolute Gasteiger partial charge is 0.406 e. The van der Waals surface area contributed by atoms with E-state index in [1.165, 1.54) is 46.4 Å². The van der Waals surface area contributed by atoms with Crippen LogP contribution in [-0.2, 0) is 6.42 Å². The normalized spacial score (nSPS) is 15.2. The summed E-state index contributed by atoms with van der Waals surface area (Å²) in [6, 6.07) is 19.0. The predicted molar refractivity (Wildman–Crippen MR) is 168 cm³/mol. The number of amides is 2. The maximum atomic E-state index is 12.9. The van der Waals surface area contributed by atoms with Gasteiger partial charge in [0.05, 0.1) is 5.69 Å². The first-order valence-corrected chi connectivity index (χ1v) is 15.2. The molecule has 2 heterocycles. The number of benzene rings is 3. The van der Waals surface area contributed by atoms with Gasteiger partial charge in [0, 0.05) is 29.6 Å². The summed E-state index contributed by atoms with van der Waals surface area (Å²) >= 11 is 1.59. The molecular formula is C32H33F3N6O2S. The Bertz CT molecular complexity index is 1640. The predicted octanol–water partition coefficient (Wildman–Crippen LogP) is 7.51. The number of amidine groups is 1. The van der Waals surface area contributed by atoms with Crippen LogP contribution in [-0.4, -0.2) is 50.7 Å². The number of hydrogen-bond acceptors (Lipinski definition) is 5. The van der Waals surface area contributed by atoms with Crippen molar-refractivity contribution in [2.45, 2.75) is 52.4 Å². The highest BCUT2D eigenvalue weighted by Gasteiger charge is 2.31. The topological polar surface area (TPSA) is 84.6 Å². The molecule has 1 aliphatic rings. The van der Waals surface area contributed by atoms with Crippen LogP contribution in [0.2, 0.25) is 0 Å². The maximum Gasteiger partial charge on any atom is 0.573 e. The lowest BCUT2D eigenvalue weighted by Crippen LogP contribution is -2.34. The van der Waals surface area contributed by atoms with Crippen molar-refractivity contribution in [3.63, 3.8) is 0 Å². The standard InChI is InChI=1S/C32H33F3N6O2S/c1-20(2)27-14-5-21(3)17-28(27)40-15-16-44-31(40)38-30(42)37-22(4)18-23-6-8-24(9-7-23)29-36-19-41(39-29)25-10-12-26(13-11-25)43-32(33,34)35/h5-14,17,19-20,22H,15-16,18H2,1-4H3,(H,37,42). The number of nitrogens with one attached hydrogen (secondary N) is 1. The molecule has 1 saturated heterocycles. The van der Waals surface area contributed by atoms with Gasteiger partial charge in [-0.2, -0.15) is 4.99 Å². The van der Waals surface area contributed by atoms with Gasteiger partial charge in [0.25, 0.3) is 0 Å². The van der Waals surface area contributed by atoms with Crippen LogP contribution in [0.15, 0.2) is 78.0 Å². The molecule has 44 heavy (non-hydrogen) atoms. The van der Waals surface area contributed by atoms with Gasteiger partial charge in [-0.3, -0.25) is 0 Å². The second-order valence-electron chi connectivity index (χ2n) is 10.9. The summed E-state index contributed by atoms with van der Waals surface area (Å²) in [5, 5.41) is 8.15. The second-order valence-corrected chi connectivity index (χ2v) is 12.0. The quantitative estimate of drug-likeness (QED) is 0.219. The van der Waals surface area contributed by atoms with E-state index in [2.05, 4.69) is 69.0 Å². The van der Waals surface area contributed by atoms with Gasteiger partial charge in [-0.1, -0.05) is 62.0 Å². The largest absolute Gasteiger partial charge is 0.573 e. The van der Waals surface area contributed by atoms with E-state index >= 15 is 0 Å². The van der Waals surface area contributed by atoms with Crippen LogP contribution in [0, 0.1) is 6.92 Å². The molecule has 3 aromatic carbocycles. The summed E-state index contributed by atoms with van der Waals surface area (Å²) in [5.74, 6) is 1.39. The molecule has 230 valence electrons. The molecule has 1 atom stereocenters. The lowest BCUT2D eigenvalue weighted by Gasteiger charge is -2.24. The van der Waals surface area contributed by atoms with E-state index in [9.17, 15) is 18.0 Å². The Morgan fingerprint density at radius 3 is 2.48 bits per heavy atom. The minimum absolute atomic E-state index is 0.149. The highest BCUT2D eigenvalue weighted by atomic mass is 32.2. The number of alkyl halides is 3. The molecule has 0 bridgehead atoms. The first kappa shape index (κ1) is 31.1. The number of rotatable bonds is 8. The molecule has 5 rings (SSSR count). The van der Waals surface area contributed by atoms with Gasteiger partial charge in [0.2, 0.25) is 0 Å². The average molecular weight is 623 g/mol. The average Bonchev–Trinajstić information content (AvgIpc) is 3.63. The minimum atomic E-state index is -4.75. The first-order valence-electron chi connectivity index (χ1n) is 14.2. The zero-order valence-electron chi connectivity index (χ0n) is 24.8. The van der Waals surface area contributed by atoms with E-state index < -0.39 is 6.36 Å². The van der Waals surface area contributed by atoms with Crippen molar-refractivity contribution in [2.75, 3.05) is 17.2 Å². The van der Waals surface area contributed by atoms with E-state index in [0.29, 0.717) is 29.0 Å². The summed E-state index contributed by atoms with van der Waals surface area (Å²) in [5.41, 5.74) is 5.86. The molecule has 1 fully saturated rings. The minimum Gasteiger partial charge on any atom is -0.406 e. The van der Waals surface area contributed by atoms with Gasteiger partial charge in [0.1, 0.15) is 12.1 Å². The summed E-state index contributed by atoms with van der Waals surface area (Å²) in [6.07, 6.45) is -2.64. The van der Waals surface area contributed by atoms with Crippen LogP contribution in [0.4, 0.5) is 23.7 Å². The molecule has 0 saturated carbocycles. The molecule has 0 aliphatic carbocycles. The molecule has 1 aromatic heterocycles. The molecule has 1 N–H and O–H groups in total. The third-order valence-corrected chi connectivity index (χ3v) is 7.98. The SMILES string of the molecule is Cc1ccc(C(C)C)c(N2CCSC2=NC(=O)NC(C)Cc2ccc(-c3ncn(-c4ccc(OC(F)(F)F)cc4)n3)cc2)c1. The number of nitrogens with zero attached hydrogens (tertiary/aromatic N) is 5. The number of aryl methyl sites for hydroxylation is 1. The van der Waals surface area contributed by atoms with Crippen molar-refractivity contribution in [3.05, 3.63) is 89.7 Å². The molecule has 8 nitrogen and oxygen atoms in total. The number of ether oxygens (including phenoxy) is 1. The van der Waals surface area contributed by atoms with Crippen molar-refractivity contribution in [2.24, 2.45) is 4.99 Å². The molecule has 0 radical (unpaired) electrons. The summed E-state index contributed by atoms with van der Waals surface area (Å²) in [7, 11) is 0. The van der Waals surface area contributed by atoms with Crippen molar-refractivity contribution in [1.29, 1.82) is 0 Å². The van der Waals surface area contributed by atoms with Crippen LogP contribution in [0.1, 0.15) is 43.4 Å². The third kappa shape index (κ3) is 7.79. The van der Waals surface area contributed by atoms with Crippen LogP contribution in [0.25, 0.3) is 17.1 Å². The van der Waals surface area contributed by atoms with Gasteiger partial charge in [-0.25, -0.2) is 14.5 Å². The fourth-order valence-corrected chi connectivity index (χ4v) is 5.89. The third-order valence-electron chi connectivity index (χ3n) is 7.02. The monoisotopic (exact) mass is 622 g/mol. The summed E-state index contributed by atoms with van der Waals surface area (Å²) in [6.45, 7) is 9.15. The Balaban J connectivity index is 1.19. The molecule has 0 spiro atoms. The van der Waals surface area contributed by atoms with Crippen molar-refractivity contribution >= 4 is 28.6 Å². The van der Waals surface area contributed by atoms with Gasteiger partial charge < -0.3 is 15.0 Å². The zero-order chi connectivity index (χ0) is 31.4. The van der Waals surface area contributed by atoms with E-state index in [-0.39, 0.29) is 17.8 Å². The number of thioether (sulfide) groups is 1. The van der Waals surface area contributed by atoms with Crippen molar-refractivity contribution in [1.82, 2.24) is 20.1 Å². The van der Waals surface area contributed by atoms with E-state index in [4.69, 9.17) is 0 Å². The number of hydrogen-bond donors (Lipinski definition) is 1. The Hall–Kier alpha value is -4.32. The fourth-order valence-electron chi connectivity index (χ4n) is 4.94. The molecule has 2 amide bonds. The first-order chi connectivity index (χ1) is 20.9. The fraction of sp³-hybridized carbons (Fsp3) is 0.312. The van der Waals surface area contributed by atoms with Gasteiger partial charge in [-0.05, 0) is 73.2 Å². The second kappa shape index (κ2) is 13.1. The van der Waals surface area contributed by atoms with Crippen LogP contribution < -0.4 is 15.0 Å². The lowest BCUT2D eigenvalue weighted by molar-refractivity contribution is -0.274. The number of aromatic nitrogens is 3. The Kier molecular flexibility index (Phi) is 9.28. The van der Waals surface area contributed by atoms with Gasteiger partial charge in [-0.15, -0.1) is 18.3 Å². The molecule has 12 heteroatoms.